The van der Waals surface area contributed by atoms with E-state index in [-0.39, 0.29) is 5.96 Å². The normalized spacial score (nSPS) is 20.2. The number of aromatic nitrogens is 1. The van der Waals surface area contributed by atoms with Gasteiger partial charge >= 0.3 is 0 Å². The van der Waals surface area contributed by atoms with Crippen LogP contribution in [0.25, 0.3) is 0 Å². The molecular formula is C15H25N5S. The first-order valence-corrected chi connectivity index (χ1v) is 8.83. The highest BCUT2D eigenvalue weighted by Gasteiger charge is 2.22. The predicted octanol–water partition coefficient (Wildman–Crippen LogP) is 2.38. The van der Waals surface area contributed by atoms with E-state index in [4.69, 9.17) is 11.5 Å². The van der Waals surface area contributed by atoms with Crippen LogP contribution < -0.4 is 11.5 Å². The van der Waals surface area contributed by atoms with Crippen molar-refractivity contribution in [3.63, 3.8) is 0 Å². The fourth-order valence-electron chi connectivity index (χ4n) is 3.42. The quantitative estimate of drug-likeness (QED) is 0.661. The van der Waals surface area contributed by atoms with E-state index in [1.807, 2.05) is 0 Å². The van der Waals surface area contributed by atoms with E-state index in [2.05, 4.69) is 14.9 Å². The molecule has 1 fully saturated rings. The molecule has 1 aliphatic heterocycles. The molecule has 0 unspecified atom stereocenters. The lowest BCUT2D eigenvalue weighted by molar-refractivity contribution is 0.218. The van der Waals surface area contributed by atoms with E-state index in [9.17, 15) is 0 Å². The largest absolute Gasteiger partial charge is 0.370 e. The Hall–Kier alpha value is -1.14. The summed E-state index contributed by atoms with van der Waals surface area (Å²) in [7, 11) is 0. The Balaban J connectivity index is 1.54. The van der Waals surface area contributed by atoms with Crippen molar-refractivity contribution in [1.29, 1.82) is 0 Å². The smallest absolute Gasteiger partial charge is 0.212 e. The number of guanidine groups is 1. The summed E-state index contributed by atoms with van der Waals surface area (Å²) < 4.78 is 0. The first-order valence-electron chi connectivity index (χ1n) is 8.01. The van der Waals surface area contributed by atoms with Gasteiger partial charge in [0.25, 0.3) is 0 Å². The summed E-state index contributed by atoms with van der Waals surface area (Å²) in [5.41, 5.74) is 12.0. The predicted molar refractivity (Wildman–Crippen MR) is 87.8 cm³/mol. The van der Waals surface area contributed by atoms with Crippen LogP contribution in [0.3, 0.4) is 0 Å². The summed E-state index contributed by atoms with van der Waals surface area (Å²) in [4.78, 5) is 12.5. The van der Waals surface area contributed by atoms with E-state index in [0.29, 0.717) is 5.13 Å². The van der Waals surface area contributed by atoms with Gasteiger partial charge in [-0.15, -0.1) is 0 Å². The molecule has 3 rings (SSSR count). The highest BCUT2D eigenvalue weighted by Crippen LogP contribution is 2.31. The molecule has 116 valence electrons. The van der Waals surface area contributed by atoms with Crippen molar-refractivity contribution in [2.45, 2.75) is 51.5 Å². The van der Waals surface area contributed by atoms with Crippen molar-refractivity contribution in [2.75, 3.05) is 13.1 Å². The molecule has 6 heteroatoms. The number of nitrogens with two attached hydrogens (primary N) is 2. The van der Waals surface area contributed by atoms with Crippen LogP contribution in [-0.4, -0.2) is 28.9 Å². The lowest BCUT2D eigenvalue weighted by atomic mass is 9.87. The van der Waals surface area contributed by atoms with E-state index < -0.39 is 0 Å². The maximum absolute atomic E-state index is 5.42. The summed E-state index contributed by atoms with van der Waals surface area (Å²) in [5.74, 6) is 1.05. The van der Waals surface area contributed by atoms with E-state index in [1.54, 1.807) is 11.3 Å². The zero-order chi connectivity index (χ0) is 14.7. The second-order valence-electron chi connectivity index (χ2n) is 6.22. The maximum Gasteiger partial charge on any atom is 0.212 e. The highest BCUT2D eigenvalue weighted by atomic mass is 32.1. The molecule has 0 atom stereocenters. The Morgan fingerprint density at radius 1 is 1.29 bits per heavy atom. The van der Waals surface area contributed by atoms with Crippen molar-refractivity contribution in [3.8, 4) is 0 Å². The van der Waals surface area contributed by atoms with Gasteiger partial charge in [-0.25, -0.2) is 4.98 Å². The Kier molecular flexibility index (Phi) is 4.75. The molecule has 1 aromatic heterocycles. The van der Waals surface area contributed by atoms with Crippen LogP contribution in [0.1, 0.15) is 49.1 Å². The molecule has 1 aliphatic carbocycles. The standard InChI is InChI=1S/C15H25N5S/c16-14(17)19-15-18-12-7-9-20(10-13(12)21-15)8-6-11-4-2-1-3-5-11/h11H,1-10H2,(H4,16,17,18,19). The Morgan fingerprint density at radius 3 is 2.86 bits per heavy atom. The number of thiazole rings is 1. The number of fused-ring (bicyclic) bond motifs is 1. The van der Waals surface area contributed by atoms with Crippen LogP contribution >= 0.6 is 11.3 Å². The number of aliphatic imine (C=N–C) groups is 1. The topological polar surface area (TPSA) is 80.5 Å². The molecule has 2 aliphatic rings. The Bertz CT molecular complexity index is 500. The molecule has 0 spiro atoms. The van der Waals surface area contributed by atoms with Gasteiger partial charge in [0.15, 0.2) is 5.96 Å². The molecule has 2 heterocycles. The molecule has 1 saturated carbocycles. The molecule has 0 amide bonds. The Morgan fingerprint density at radius 2 is 2.10 bits per heavy atom. The monoisotopic (exact) mass is 307 g/mol. The SMILES string of the molecule is NC(N)=Nc1nc2c(s1)CN(CCC1CCCCC1)CC2. The molecule has 0 saturated heterocycles. The highest BCUT2D eigenvalue weighted by molar-refractivity contribution is 7.15. The van der Waals surface area contributed by atoms with Gasteiger partial charge in [0.1, 0.15) is 0 Å². The summed E-state index contributed by atoms with van der Waals surface area (Å²) in [6.07, 6.45) is 9.57. The van der Waals surface area contributed by atoms with Gasteiger partial charge in [-0.05, 0) is 18.9 Å². The number of rotatable bonds is 4. The lowest BCUT2D eigenvalue weighted by Gasteiger charge is -2.29. The molecular weight excluding hydrogens is 282 g/mol. The van der Waals surface area contributed by atoms with Gasteiger partial charge in [0.05, 0.1) is 5.69 Å². The molecule has 1 aromatic rings. The zero-order valence-corrected chi connectivity index (χ0v) is 13.4. The van der Waals surface area contributed by atoms with Gasteiger partial charge in [-0.3, -0.25) is 4.90 Å². The number of hydrogen-bond donors (Lipinski definition) is 2. The van der Waals surface area contributed by atoms with E-state index in [0.717, 1.165) is 25.4 Å². The van der Waals surface area contributed by atoms with Gasteiger partial charge in [0.2, 0.25) is 5.13 Å². The zero-order valence-electron chi connectivity index (χ0n) is 12.6. The summed E-state index contributed by atoms with van der Waals surface area (Å²) in [6, 6.07) is 0. The molecule has 0 aromatic carbocycles. The summed E-state index contributed by atoms with van der Waals surface area (Å²) in [5, 5.41) is 0.703. The third-order valence-electron chi connectivity index (χ3n) is 4.60. The molecule has 5 nitrogen and oxygen atoms in total. The van der Waals surface area contributed by atoms with Crippen LogP contribution in [-0.2, 0) is 13.0 Å². The molecule has 0 radical (unpaired) electrons. The third kappa shape index (κ3) is 3.95. The van der Waals surface area contributed by atoms with Crippen LogP contribution in [0.4, 0.5) is 5.13 Å². The molecule has 4 N–H and O–H groups in total. The average molecular weight is 307 g/mol. The minimum Gasteiger partial charge on any atom is -0.370 e. The van der Waals surface area contributed by atoms with Crippen molar-refractivity contribution in [3.05, 3.63) is 10.6 Å². The van der Waals surface area contributed by atoms with Crippen LogP contribution in [0.15, 0.2) is 4.99 Å². The van der Waals surface area contributed by atoms with Crippen molar-refractivity contribution in [1.82, 2.24) is 9.88 Å². The minimum absolute atomic E-state index is 0.0928. The van der Waals surface area contributed by atoms with E-state index >= 15 is 0 Å². The fourth-order valence-corrected chi connectivity index (χ4v) is 4.46. The Labute approximate surface area is 130 Å². The first kappa shape index (κ1) is 14.8. The third-order valence-corrected chi connectivity index (χ3v) is 5.58. The maximum atomic E-state index is 5.42. The average Bonchev–Trinajstić information content (AvgIpc) is 2.86. The van der Waals surface area contributed by atoms with Crippen LogP contribution in [0.2, 0.25) is 0 Å². The summed E-state index contributed by atoms with van der Waals surface area (Å²) >= 11 is 1.63. The first-order chi connectivity index (χ1) is 10.2. The second kappa shape index (κ2) is 6.75. The lowest BCUT2D eigenvalue weighted by Crippen LogP contribution is -2.31. The van der Waals surface area contributed by atoms with Crippen molar-refractivity contribution < 1.29 is 0 Å². The van der Waals surface area contributed by atoms with Crippen LogP contribution in [0, 0.1) is 5.92 Å². The van der Waals surface area contributed by atoms with Crippen molar-refractivity contribution >= 4 is 22.4 Å². The molecule has 0 bridgehead atoms. The van der Waals surface area contributed by atoms with Gasteiger partial charge in [-0.1, -0.05) is 43.4 Å². The number of hydrogen-bond acceptors (Lipinski definition) is 4. The van der Waals surface area contributed by atoms with Gasteiger partial charge in [0, 0.05) is 24.4 Å². The van der Waals surface area contributed by atoms with E-state index in [1.165, 1.54) is 55.6 Å². The fraction of sp³-hybridized carbons (Fsp3) is 0.733. The second-order valence-corrected chi connectivity index (χ2v) is 7.28. The molecule has 21 heavy (non-hydrogen) atoms. The minimum atomic E-state index is 0.0928. The van der Waals surface area contributed by atoms with Crippen LogP contribution in [0.5, 0.6) is 0 Å². The summed E-state index contributed by atoms with van der Waals surface area (Å²) in [6.45, 7) is 3.35. The number of nitrogens with zero attached hydrogens (tertiary/aromatic N) is 3. The van der Waals surface area contributed by atoms with Gasteiger partial charge < -0.3 is 11.5 Å². The van der Waals surface area contributed by atoms with Crippen molar-refractivity contribution in [2.24, 2.45) is 22.4 Å². The van der Waals surface area contributed by atoms with Gasteiger partial charge in [-0.2, -0.15) is 4.99 Å².